The van der Waals surface area contributed by atoms with Gasteiger partial charge in [-0.1, -0.05) is 36.4 Å². The first kappa shape index (κ1) is 15.3. The average Bonchev–Trinajstić information content (AvgIpc) is 3.21. The molecule has 0 bridgehead atoms. The van der Waals surface area contributed by atoms with Gasteiger partial charge in [-0.15, -0.1) is 5.10 Å². The standard InChI is InChI=1S/C17H12N5O2S/c23-22(24)14-9-7-13(8-10-14)16-18-19-17-21(16)20-15(25-17)11-6-12-4-2-1-3-5-12/h1-11,18H/q-1. The summed E-state index contributed by atoms with van der Waals surface area (Å²) in [6.07, 6.45) is 10.2. The summed E-state index contributed by atoms with van der Waals surface area (Å²) in [5.41, 5.74) is 4.85. The molecule has 0 spiro atoms. The molecule has 0 saturated carbocycles. The van der Waals surface area contributed by atoms with E-state index < -0.39 is 4.90 Å². The zero-order chi connectivity index (χ0) is 17.2. The predicted molar refractivity (Wildman–Crippen MR) is 100 cm³/mol. The molecular weight excluding hydrogens is 338 g/mol. The summed E-state index contributed by atoms with van der Waals surface area (Å²) in [5.74, 6) is 0.681. The van der Waals surface area contributed by atoms with Crippen molar-refractivity contribution in [1.29, 1.82) is 0 Å². The third kappa shape index (κ3) is 3.07. The molecule has 0 aromatic heterocycles. The van der Waals surface area contributed by atoms with Gasteiger partial charge in [-0.05, 0) is 35.6 Å². The van der Waals surface area contributed by atoms with E-state index in [4.69, 9.17) is 0 Å². The quantitative estimate of drug-likeness (QED) is 0.654. The van der Waals surface area contributed by atoms with Gasteiger partial charge in [0.1, 0.15) is 5.04 Å². The summed E-state index contributed by atoms with van der Waals surface area (Å²) in [6, 6.07) is 9.98. The van der Waals surface area contributed by atoms with Crippen LogP contribution in [0.5, 0.6) is 0 Å². The first-order valence-corrected chi connectivity index (χ1v) is 8.27. The first-order valence-electron chi connectivity index (χ1n) is 7.46. The van der Waals surface area contributed by atoms with Crippen LogP contribution < -0.4 is 5.43 Å². The molecule has 2 heterocycles. The summed E-state index contributed by atoms with van der Waals surface area (Å²) in [4.78, 5) is -0.422. The Bertz CT molecular complexity index is 904. The number of hydrogen-bond donors (Lipinski definition) is 1. The second-order valence-electron chi connectivity index (χ2n) is 5.25. The van der Waals surface area contributed by atoms with Crippen LogP contribution in [0.2, 0.25) is 0 Å². The van der Waals surface area contributed by atoms with E-state index in [1.165, 1.54) is 23.9 Å². The number of hydrogen-bond acceptors (Lipinski definition) is 7. The van der Waals surface area contributed by atoms with Crippen LogP contribution in [0.3, 0.4) is 0 Å². The number of thioether (sulfide) groups is 1. The fraction of sp³-hybridized carbons (Fsp3) is 0. The van der Waals surface area contributed by atoms with Crippen LogP contribution in [0.25, 0.3) is 6.08 Å². The van der Waals surface area contributed by atoms with E-state index >= 15 is 0 Å². The number of rotatable bonds is 2. The largest absolute Gasteiger partial charge is 0.612 e. The highest BCUT2D eigenvalue weighted by atomic mass is 32.2. The third-order valence-electron chi connectivity index (χ3n) is 3.61. The van der Waals surface area contributed by atoms with Gasteiger partial charge in [-0.25, -0.2) is 0 Å². The maximum atomic E-state index is 10.8. The lowest BCUT2D eigenvalue weighted by atomic mass is 10.1. The lowest BCUT2D eigenvalue weighted by molar-refractivity contribution is -0.377. The SMILES string of the molecule is [O-][N+]([O-])=C1C=CC(=C2NN=C3SC(C=Cc4ccccc4)=NN32)C=C1. The molecule has 1 aliphatic carbocycles. The number of benzene rings is 1. The molecule has 1 aromatic rings. The molecule has 0 radical (unpaired) electrons. The second-order valence-corrected chi connectivity index (χ2v) is 6.24. The van der Waals surface area contributed by atoms with Gasteiger partial charge in [0.05, 0.1) is 0 Å². The Morgan fingerprint density at radius 2 is 1.80 bits per heavy atom. The second kappa shape index (κ2) is 6.33. The minimum atomic E-state index is -0.422. The molecule has 2 aliphatic heterocycles. The summed E-state index contributed by atoms with van der Waals surface area (Å²) < 4.78 is 0. The van der Waals surface area contributed by atoms with Gasteiger partial charge in [0.2, 0.25) is 10.9 Å². The first-order chi connectivity index (χ1) is 12.2. The molecule has 25 heavy (non-hydrogen) atoms. The number of nitrogens with zero attached hydrogens (tertiary/aromatic N) is 4. The maximum absolute atomic E-state index is 10.8. The molecule has 1 aromatic carbocycles. The fourth-order valence-corrected chi connectivity index (χ4v) is 3.14. The molecule has 8 heteroatoms. The number of nitrogens with one attached hydrogen (secondary N) is 1. The molecule has 1 N–H and O–H groups in total. The topological polar surface area (TPSA) is 89.1 Å². The summed E-state index contributed by atoms with van der Waals surface area (Å²) in [7, 11) is 0. The van der Waals surface area contributed by atoms with Gasteiger partial charge in [0, 0.05) is 17.7 Å². The third-order valence-corrected chi connectivity index (χ3v) is 4.49. The van der Waals surface area contributed by atoms with E-state index in [0.29, 0.717) is 5.82 Å². The summed E-state index contributed by atoms with van der Waals surface area (Å²) in [6.45, 7) is 0. The number of amidine groups is 1. The molecule has 0 atom stereocenters. The Labute approximate surface area is 147 Å². The van der Waals surface area contributed by atoms with E-state index in [0.717, 1.165) is 21.3 Å². The van der Waals surface area contributed by atoms with Crippen LogP contribution in [0.4, 0.5) is 0 Å². The molecule has 7 nitrogen and oxygen atoms in total. The highest BCUT2D eigenvalue weighted by Crippen LogP contribution is 2.30. The van der Waals surface area contributed by atoms with E-state index in [2.05, 4.69) is 15.6 Å². The highest BCUT2D eigenvalue weighted by Gasteiger charge is 2.31. The van der Waals surface area contributed by atoms with Crippen LogP contribution >= 0.6 is 11.8 Å². The lowest BCUT2D eigenvalue weighted by Crippen LogP contribution is -2.19. The molecule has 0 saturated heterocycles. The minimum absolute atomic E-state index is 0.0503. The summed E-state index contributed by atoms with van der Waals surface area (Å²) >= 11 is 1.45. The van der Waals surface area contributed by atoms with Gasteiger partial charge < -0.3 is 10.4 Å². The number of fused-ring (bicyclic) bond motifs is 1. The molecule has 124 valence electrons. The van der Waals surface area contributed by atoms with E-state index in [1.54, 1.807) is 17.2 Å². The summed E-state index contributed by atoms with van der Waals surface area (Å²) in [5, 5.41) is 33.6. The molecule has 0 amide bonds. The Balaban J connectivity index is 1.56. The Morgan fingerprint density at radius 3 is 2.52 bits per heavy atom. The fourth-order valence-electron chi connectivity index (χ4n) is 2.39. The molecule has 3 aliphatic rings. The van der Waals surface area contributed by atoms with Gasteiger partial charge in [0.25, 0.3) is 0 Å². The van der Waals surface area contributed by atoms with Crippen molar-refractivity contribution in [2.24, 2.45) is 10.2 Å². The van der Waals surface area contributed by atoms with Crippen molar-refractivity contribution in [3.63, 3.8) is 0 Å². The van der Waals surface area contributed by atoms with Gasteiger partial charge in [0.15, 0.2) is 5.82 Å². The van der Waals surface area contributed by atoms with Crippen LogP contribution in [0.15, 0.2) is 82.3 Å². The lowest BCUT2D eigenvalue weighted by Gasteiger charge is -2.13. The van der Waals surface area contributed by atoms with Crippen molar-refractivity contribution >= 4 is 33.8 Å². The normalized spacial score (nSPS) is 18.6. The average molecular weight is 350 g/mol. The van der Waals surface area contributed by atoms with Gasteiger partial charge >= 0.3 is 0 Å². The van der Waals surface area contributed by atoms with Crippen molar-refractivity contribution in [2.75, 3.05) is 0 Å². The number of hydrazone groups is 2. The minimum Gasteiger partial charge on any atom is -0.612 e. The van der Waals surface area contributed by atoms with Crippen LogP contribution in [-0.4, -0.2) is 25.8 Å². The molecular formula is C17H12N5O2S-. The predicted octanol–water partition coefficient (Wildman–Crippen LogP) is 2.72. The Morgan fingerprint density at radius 1 is 1.04 bits per heavy atom. The van der Waals surface area contributed by atoms with E-state index in [9.17, 15) is 10.4 Å². The van der Waals surface area contributed by atoms with Crippen LogP contribution in [-0.2, 0) is 0 Å². The smallest absolute Gasteiger partial charge is 0.222 e. The van der Waals surface area contributed by atoms with Gasteiger partial charge in [-0.3, -0.25) is 5.43 Å². The highest BCUT2D eigenvalue weighted by molar-refractivity contribution is 8.27. The molecule has 0 unspecified atom stereocenters. The van der Waals surface area contributed by atoms with Crippen LogP contribution in [0.1, 0.15) is 5.56 Å². The van der Waals surface area contributed by atoms with Crippen molar-refractivity contribution in [3.05, 3.63) is 88.1 Å². The monoisotopic (exact) mass is 350 g/mol. The maximum Gasteiger partial charge on any atom is 0.222 e. The number of allylic oxidation sites excluding steroid dienone is 5. The zero-order valence-corrected chi connectivity index (χ0v) is 13.7. The van der Waals surface area contributed by atoms with Crippen molar-refractivity contribution in [1.82, 2.24) is 10.4 Å². The zero-order valence-electron chi connectivity index (χ0n) is 12.9. The van der Waals surface area contributed by atoms with Crippen LogP contribution in [0, 0.1) is 10.4 Å². The van der Waals surface area contributed by atoms with E-state index in [1.807, 2.05) is 42.5 Å². The molecule has 0 fully saturated rings. The Kier molecular flexibility index (Phi) is 3.87. The van der Waals surface area contributed by atoms with Crippen molar-refractivity contribution in [3.8, 4) is 0 Å². The Hall–Kier alpha value is -3.26. The van der Waals surface area contributed by atoms with E-state index in [-0.39, 0.29) is 5.71 Å². The van der Waals surface area contributed by atoms with Gasteiger partial charge in [-0.2, -0.15) is 15.0 Å². The van der Waals surface area contributed by atoms with Crippen molar-refractivity contribution < 1.29 is 4.90 Å². The van der Waals surface area contributed by atoms with Crippen molar-refractivity contribution in [2.45, 2.75) is 0 Å². The molecule has 4 rings (SSSR count).